The van der Waals surface area contributed by atoms with Crippen LogP contribution >= 0.6 is 11.3 Å². The molecule has 0 aliphatic carbocycles. The average molecular weight is 370 g/mol. The molecule has 0 unspecified atom stereocenters. The van der Waals surface area contributed by atoms with Crippen LogP contribution in [0.2, 0.25) is 0 Å². The van der Waals surface area contributed by atoms with E-state index in [9.17, 15) is 13.2 Å². The van der Waals surface area contributed by atoms with Gasteiger partial charge in [0.05, 0.1) is 20.5 Å². The van der Waals surface area contributed by atoms with Gasteiger partial charge in [-0.3, -0.25) is 4.79 Å². The summed E-state index contributed by atoms with van der Waals surface area (Å²) in [6.07, 6.45) is 1.59. The van der Waals surface area contributed by atoms with Crippen molar-refractivity contribution in [3.05, 3.63) is 23.7 Å². The number of hydrogen-bond acceptors (Lipinski definition) is 5. The molecule has 6 nitrogen and oxygen atoms in total. The second-order valence-electron chi connectivity index (χ2n) is 6.55. The van der Waals surface area contributed by atoms with Gasteiger partial charge in [0.2, 0.25) is 15.9 Å². The molecule has 2 rings (SSSR count). The zero-order chi connectivity index (χ0) is 17.8. The Kier molecular flexibility index (Phi) is 5.95. The second kappa shape index (κ2) is 7.58. The van der Waals surface area contributed by atoms with Crippen LogP contribution in [0.3, 0.4) is 0 Å². The van der Waals surface area contributed by atoms with Crippen LogP contribution in [0.25, 0.3) is 10.2 Å². The number of hydrogen-bond donors (Lipinski definition) is 2. The zero-order valence-electron chi connectivity index (χ0n) is 14.1. The first-order valence-corrected chi connectivity index (χ1v) is 10.2. The number of carbonyl (C=O) groups excluding carboxylic acids is 1. The number of rotatable bonds is 7. The number of thiazole rings is 1. The monoisotopic (exact) mass is 369 g/mol. The number of nitrogens with one attached hydrogen (secondary N) is 2. The normalized spacial score (nSPS) is 12.5. The molecule has 1 aromatic carbocycles. The topological polar surface area (TPSA) is 88.2 Å². The van der Waals surface area contributed by atoms with E-state index in [1.807, 2.05) is 18.2 Å². The maximum Gasteiger partial charge on any atom is 0.224 e. The molecule has 0 saturated carbocycles. The summed E-state index contributed by atoms with van der Waals surface area (Å²) >= 11 is 1.56. The average Bonchev–Trinajstić information content (AvgIpc) is 2.93. The van der Waals surface area contributed by atoms with Crippen molar-refractivity contribution in [2.45, 2.75) is 44.8 Å². The molecule has 8 heteroatoms. The van der Waals surface area contributed by atoms with Crippen molar-refractivity contribution in [2.24, 2.45) is 0 Å². The number of anilines is 1. The molecule has 2 aromatic rings. The van der Waals surface area contributed by atoms with Gasteiger partial charge in [0.15, 0.2) is 0 Å². The molecule has 0 aliphatic rings. The highest BCUT2D eigenvalue weighted by Gasteiger charge is 2.27. The minimum Gasteiger partial charge on any atom is -0.326 e. The quantitative estimate of drug-likeness (QED) is 0.734. The second-order valence-corrected chi connectivity index (χ2v) is 9.96. The van der Waals surface area contributed by atoms with Crippen molar-refractivity contribution in [3.63, 3.8) is 0 Å². The lowest BCUT2D eigenvalue weighted by Gasteiger charge is -2.19. The van der Waals surface area contributed by atoms with Crippen molar-refractivity contribution in [2.75, 3.05) is 11.9 Å². The fourth-order valence-corrected chi connectivity index (χ4v) is 3.50. The molecular weight excluding hydrogens is 346 g/mol. The first-order valence-electron chi connectivity index (χ1n) is 7.81. The molecule has 2 N–H and O–H groups in total. The number of nitrogens with zero attached hydrogens (tertiary/aromatic N) is 1. The number of fused-ring (bicyclic) bond motifs is 1. The highest BCUT2D eigenvalue weighted by molar-refractivity contribution is 7.90. The third kappa shape index (κ3) is 4.99. The molecule has 0 radical (unpaired) electrons. The van der Waals surface area contributed by atoms with Gasteiger partial charge in [-0.2, -0.15) is 0 Å². The van der Waals surface area contributed by atoms with Gasteiger partial charge in [0.25, 0.3) is 0 Å². The van der Waals surface area contributed by atoms with Crippen molar-refractivity contribution >= 4 is 43.2 Å². The molecule has 1 aromatic heterocycles. The van der Waals surface area contributed by atoms with Crippen molar-refractivity contribution in [1.82, 2.24) is 9.71 Å². The standard InChI is InChI=1S/C16H23N3O3S2/c1-16(2,3)24(21,22)18-9-5-4-6-15(20)19-12-7-8-14-13(10-12)17-11-23-14/h7-8,10-11,18H,4-6,9H2,1-3H3,(H,19,20). The van der Waals surface area contributed by atoms with E-state index >= 15 is 0 Å². The van der Waals surface area contributed by atoms with Gasteiger partial charge >= 0.3 is 0 Å². The third-order valence-corrected chi connectivity index (χ3v) is 6.55. The summed E-state index contributed by atoms with van der Waals surface area (Å²) in [6, 6.07) is 5.64. The van der Waals surface area contributed by atoms with Crippen LogP contribution in [0.5, 0.6) is 0 Å². The first kappa shape index (κ1) is 18.8. The Morgan fingerprint density at radius 1 is 1.25 bits per heavy atom. The summed E-state index contributed by atoms with van der Waals surface area (Å²) in [7, 11) is -3.32. The van der Waals surface area contributed by atoms with Gasteiger partial charge in [-0.1, -0.05) is 0 Å². The van der Waals surface area contributed by atoms with Gasteiger partial charge in [-0.05, 0) is 51.8 Å². The maximum atomic E-state index is 11.9. The molecule has 0 atom stereocenters. The van der Waals surface area contributed by atoms with Crippen LogP contribution in [0.1, 0.15) is 40.0 Å². The van der Waals surface area contributed by atoms with Gasteiger partial charge < -0.3 is 5.32 Å². The largest absolute Gasteiger partial charge is 0.326 e. The summed E-state index contributed by atoms with van der Waals surface area (Å²) in [5, 5.41) is 2.84. The minimum absolute atomic E-state index is 0.0803. The van der Waals surface area contributed by atoms with Crippen LogP contribution < -0.4 is 10.0 Å². The van der Waals surface area contributed by atoms with Crippen LogP contribution in [-0.2, 0) is 14.8 Å². The fraction of sp³-hybridized carbons (Fsp3) is 0.500. The molecule has 0 spiro atoms. The number of benzene rings is 1. The predicted octanol–water partition coefficient (Wildman–Crippen LogP) is 3.12. The highest BCUT2D eigenvalue weighted by atomic mass is 32.2. The Bertz CT molecular complexity index is 807. The van der Waals surface area contributed by atoms with E-state index in [1.54, 1.807) is 37.6 Å². The molecular formula is C16H23N3O3S2. The van der Waals surface area contributed by atoms with Crippen molar-refractivity contribution in [3.8, 4) is 0 Å². The Morgan fingerprint density at radius 3 is 2.71 bits per heavy atom. The third-order valence-electron chi connectivity index (χ3n) is 3.54. The smallest absolute Gasteiger partial charge is 0.224 e. The van der Waals surface area contributed by atoms with Crippen molar-refractivity contribution < 1.29 is 13.2 Å². The number of unbranched alkanes of at least 4 members (excludes halogenated alkanes) is 1. The van der Waals surface area contributed by atoms with E-state index in [4.69, 9.17) is 0 Å². The number of aromatic nitrogens is 1. The summed E-state index contributed by atoms with van der Waals surface area (Å²) in [4.78, 5) is 16.2. The highest BCUT2D eigenvalue weighted by Crippen LogP contribution is 2.21. The van der Waals surface area contributed by atoms with Crippen molar-refractivity contribution in [1.29, 1.82) is 0 Å². The van der Waals surface area contributed by atoms with Gasteiger partial charge in [0.1, 0.15) is 0 Å². The van der Waals surface area contributed by atoms with Gasteiger partial charge in [-0.15, -0.1) is 11.3 Å². The summed E-state index contributed by atoms with van der Waals surface area (Å²) in [6.45, 7) is 5.31. The summed E-state index contributed by atoms with van der Waals surface area (Å²) in [5.74, 6) is -0.0803. The van der Waals surface area contributed by atoms with E-state index in [-0.39, 0.29) is 5.91 Å². The number of carbonyl (C=O) groups is 1. The fourth-order valence-electron chi connectivity index (χ4n) is 1.99. The molecule has 0 bridgehead atoms. The molecule has 132 valence electrons. The molecule has 1 heterocycles. The van der Waals surface area contributed by atoms with E-state index < -0.39 is 14.8 Å². The molecule has 0 saturated heterocycles. The SMILES string of the molecule is CC(C)(C)S(=O)(=O)NCCCCC(=O)Nc1ccc2scnc2c1. The zero-order valence-corrected chi connectivity index (χ0v) is 15.8. The Balaban J connectivity index is 1.72. The first-order chi connectivity index (χ1) is 11.2. The lowest BCUT2D eigenvalue weighted by Crippen LogP contribution is -2.39. The van der Waals surface area contributed by atoms with Crippen LogP contribution in [-0.4, -0.2) is 30.6 Å². The van der Waals surface area contributed by atoms with Crippen LogP contribution in [0, 0.1) is 0 Å². The predicted molar refractivity (Wildman–Crippen MR) is 98.8 cm³/mol. The van der Waals surface area contributed by atoms with E-state index in [0.29, 0.717) is 25.8 Å². The summed E-state index contributed by atoms with van der Waals surface area (Å²) < 4.78 is 26.6. The van der Waals surface area contributed by atoms with E-state index in [1.165, 1.54) is 0 Å². The molecule has 24 heavy (non-hydrogen) atoms. The molecule has 0 aliphatic heterocycles. The van der Waals surface area contributed by atoms with Crippen LogP contribution in [0.4, 0.5) is 5.69 Å². The number of sulfonamides is 1. The Morgan fingerprint density at radius 2 is 2.00 bits per heavy atom. The Labute approximate surface area is 146 Å². The van der Waals surface area contributed by atoms with E-state index in [0.717, 1.165) is 15.9 Å². The summed E-state index contributed by atoms with van der Waals surface area (Å²) in [5.41, 5.74) is 3.37. The van der Waals surface area contributed by atoms with Gasteiger partial charge in [0, 0.05) is 18.7 Å². The molecule has 1 amide bonds. The maximum absolute atomic E-state index is 11.9. The van der Waals surface area contributed by atoms with E-state index in [2.05, 4.69) is 15.0 Å². The Hall–Kier alpha value is -1.51. The van der Waals surface area contributed by atoms with Gasteiger partial charge in [-0.25, -0.2) is 18.1 Å². The lowest BCUT2D eigenvalue weighted by atomic mass is 10.2. The lowest BCUT2D eigenvalue weighted by molar-refractivity contribution is -0.116. The molecule has 0 fully saturated rings. The number of amides is 1. The van der Waals surface area contributed by atoms with Crippen LogP contribution in [0.15, 0.2) is 23.7 Å². The minimum atomic E-state index is -3.32.